The number of rotatable bonds is 3. The SMILES string of the molecule is NC(=O)[C@H]1Cc2ccccc2CN1C(=O)c1cc(-c2cccs2)nc2ccccc12. The first-order valence-electron chi connectivity index (χ1n) is 9.72. The molecule has 0 unspecified atom stereocenters. The maximum Gasteiger partial charge on any atom is 0.255 e. The molecule has 2 aromatic carbocycles. The summed E-state index contributed by atoms with van der Waals surface area (Å²) in [5, 5.41) is 2.75. The Labute approximate surface area is 177 Å². The van der Waals surface area contributed by atoms with E-state index in [0.29, 0.717) is 18.5 Å². The van der Waals surface area contributed by atoms with Gasteiger partial charge in [0.15, 0.2) is 0 Å². The van der Waals surface area contributed by atoms with Crippen LogP contribution in [-0.4, -0.2) is 27.7 Å². The van der Waals surface area contributed by atoms with E-state index in [1.165, 1.54) is 0 Å². The van der Waals surface area contributed by atoms with Crippen LogP contribution in [0.4, 0.5) is 0 Å². The minimum absolute atomic E-state index is 0.204. The highest BCUT2D eigenvalue weighted by atomic mass is 32.1. The Bertz CT molecular complexity index is 1270. The lowest BCUT2D eigenvalue weighted by atomic mass is 9.92. The molecule has 1 atom stereocenters. The van der Waals surface area contributed by atoms with Crippen molar-refractivity contribution in [3.05, 3.63) is 88.8 Å². The third-order valence-corrected chi connectivity index (χ3v) is 6.45. The smallest absolute Gasteiger partial charge is 0.255 e. The molecule has 148 valence electrons. The van der Waals surface area contributed by atoms with Crippen LogP contribution in [0, 0.1) is 0 Å². The number of benzene rings is 2. The van der Waals surface area contributed by atoms with Crippen LogP contribution >= 0.6 is 11.3 Å². The molecule has 6 heteroatoms. The zero-order valence-corrected chi connectivity index (χ0v) is 16.9. The summed E-state index contributed by atoms with van der Waals surface area (Å²) >= 11 is 1.58. The quantitative estimate of drug-likeness (QED) is 0.551. The van der Waals surface area contributed by atoms with Gasteiger partial charge in [-0.1, -0.05) is 48.5 Å². The van der Waals surface area contributed by atoms with Crippen molar-refractivity contribution in [3.8, 4) is 10.6 Å². The fourth-order valence-electron chi connectivity index (χ4n) is 4.05. The van der Waals surface area contributed by atoms with Crippen molar-refractivity contribution in [2.75, 3.05) is 0 Å². The van der Waals surface area contributed by atoms with Crippen LogP contribution in [-0.2, 0) is 17.8 Å². The molecule has 5 rings (SSSR count). The lowest BCUT2D eigenvalue weighted by Gasteiger charge is -2.35. The average Bonchev–Trinajstić information content (AvgIpc) is 3.32. The third kappa shape index (κ3) is 3.15. The van der Waals surface area contributed by atoms with Crippen molar-refractivity contribution < 1.29 is 9.59 Å². The fourth-order valence-corrected chi connectivity index (χ4v) is 4.73. The molecular weight excluding hydrogens is 394 g/mol. The van der Waals surface area contributed by atoms with Gasteiger partial charge in [0.2, 0.25) is 5.91 Å². The van der Waals surface area contributed by atoms with Gasteiger partial charge < -0.3 is 10.6 Å². The Balaban J connectivity index is 1.64. The number of carbonyl (C=O) groups excluding carboxylic acids is 2. The molecule has 2 aromatic heterocycles. The van der Waals surface area contributed by atoms with Crippen molar-refractivity contribution in [2.24, 2.45) is 5.73 Å². The number of hydrogen-bond acceptors (Lipinski definition) is 4. The molecule has 3 heterocycles. The number of nitrogens with two attached hydrogens (primary N) is 1. The molecule has 1 aliphatic heterocycles. The first-order valence-corrected chi connectivity index (χ1v) is 10.6. The molecule has 30 heavy (non-hydrogen) atoms. The number of aromatic nitrogens is 1. The van der Waals surface area contributed by atoms with Gasteiger partial charge in [-0.25, -0.2) is 4.98 Å². The van der Waals surface area contributed by atoms with Crippen molar-refractivity contribution in [1.82, 2.24) is 9.88 Å². The zero-order valence-electron chi connectivity index (χ0n) is 16.1. The molecule has 2 amide bonds. The van der Waals surface area contributed by atoms with Crippen molar-refractivity contribution in [2.45, 2.75) is 19.0 Å². The molecule has 0 spiro atoms. The van der Waals surface area contributed by atoms with Gasteiger partial charge in [-0.05, 0) is 34.7 Å². The van der Waals surface area contributed by atoms with Gasteiger partial charge in [0, 0.05) is 18.4 Å². The molecular formula is C24H19N3O2S. The second-order valence-electron chi connectivity index (χ2n) is 7.37. The van der Waals surface area contributed by atoms with Gasteiger partial charge in [0.05, 0.1) is 21.7 Å². The molecule has 0 radical (unpaired) electrons. The fraction of sp³-hybridized carbons (Fsp3) is 0.125. The zero-order chi connectivity index (χ0) is 20.7. The summed E-state index contributed by atoms with van der Waals surface area (Å²) in [5.74, 6) is -0.695. The number of hydrogen-bond donors (Lipinski definition) is 1. The lowest BCUT2D eigenvalue weighted by Crippen LogP contribution is -2.51. The number of thiophene rings is 1. The first kappa shape index (κ1) is 18.5. The maximum absolute atomic E-state index is 13.8. The van der Waals surface area contributed by atoms with Crippen LogP contribution < -0.4 is 5.73 Å². The molecule has 5 nitrogen and oxygen atoms in total. The molecule has 0 fully saturated rings. The molecule has 1 aliphatic rings. The van der Waals surface area contributed by atoms with Crippen molar-refractivity contribution in [3.63, 3.8) is 0 Å². The summed E-state index contributed by atoms with van der Waals surface area (Å²) in [4.78, 5) is 33.3. The van der Waals surface area contributed by atoms with Gasteiger partial charge >= 0.3 is 0 Å². The summed E-state index contributed by atoms with van der Waals surface area (Å²) in [5.41, 5.74) is 9.84. The molecule has 0 saturated carbocycles. The predicted octanol–water partition coefficient (Wildman–Crippen LogP) is 4.02. The van der Waals surface area contributed by atoms with Crippen LogP contribution in [0.15, 0.2) is 72.1 Å². The highest BCUT2D eigenvalue weighted by molar-refractivity contribution is 7.13. The number of pyridine rings is 1. The Morgan fingerprint density at radius 2 is 1.77 bits per heavy atom. The number of primary amides is 1. The van der Waals surface area contributed by atoms with E-state index in [0.717, 1.165) is 32.6 Å². The van der Waals surface area contributed by atoms with Crippen LogP contribution in [0.1, 0.15) is 21.5 Å². The minimum Gasteiger partial charge on any atom is -0.368 e. The van der Waals surface area contributed by atoms with E-state index in [1.54, 1.807) is 16.2 Å². The van der Waals surface area contributed by atoms with E-state index in [-0.39, 0.29) is 5.91 Å². The Hall–Kier alpha value is -3.51. The Morgan fingerprint density at radius 3 is 2.53 bits per heavy atom. The highest BCUT2D eigenvalue weighted by Gasteiger charge is 2.34. The lowest BCUT2D eigenvalue weighted by molar-refractivity contribution is -0.122. The summed E-state index contributed by atoms with van der Waals surface area (Å²) in [6, 6.07) is 20.6. The molecule has 2 N–H and O–H groups in total. The molecule has 0 saturated heterocycles. The number of amides is 2. The van der Waals surface area contributed by atoms with E-state index in [2.05, 4.69) is 0 Å². The summed E-state index contributed by atoms with van der Waals surface area (Å²) in [7, 11) is 0. The largest absolute Gasteiger partial charge is 0.368 e. The second kappa shape index (κ2) is 7.39. The Kier molecular flexibility index (Phi) is 4.56. The van der Waals surface area contributed by atoms with Gasteiger partial charge in [0.1, 0.15) is 6.04 Å². The molecule has 0 bridgehead atoms. The number of fused-ring (bicyclic) bond motifs is 2. The standard InChI is InChI=1S/C24H19N3O2S/c25-23(28)21-12-15-6-1-2-7-16(15)14-27(21)24(29)18-13-20(22-10-5-11-30-22)26-19-9-4-3-8-17(18)19/h1-11,13,21H,12,14H2,(H2,25,28)/t21-/m1/s1. The average molecular weight is 414 g/mol. The molecule has 0 aliphatic carbocycles. The minimum atomic E-state index is -0.676. The van der Waals surface area contributed by atoms with Crippen molar-refractivity contribution >= 4 is 34.1 Å². The van der Waals surface area contributed by atoms with Crippen molar-refractivity contribution in [1.29, 1.82) is 0 Å². The van der Waals surface area contributed by atoms with Crippen LogP contribution in [0.3, 0.4) is 0 Å². The van der Waals surface area contributed by atoms with E-state index < -0.39 is 11.9 Å². The number of nitrogens with zero attached hydrogens (tertiary/aromatic N) is 2. The van der Waals surface area contributed by atoms with Gasteiger partial charge in [-0.15, -0.1) is 11.3 Å². The number of para-hydroxylation sites is 1. The third-order valence-electron chi connectivity index (χ3n) is 5.56. The van der Waals surface area contributed by atoms with Crippen LogP contribution in [0.2, 0.25) is 0 Å². The maximum atomic E-state index is 13.8. The van der Waals surface area contributed by atoms with E-state index in [1.807, 2.05) is 72.1 Å². The van der Waals surface area contributed by atoms with E-state index in [9.17, 15) is 9.59 Å². The highest BCUT2D eigenvalue weighted by Crippen LogP contribution is 2.31. The van der Waals surface area contributed by atoms with Crippen LogP contribution in [0.25, 0.3) is 21.5 Å². The van der Waals surface area contributed by atoms with Gasteiger partial charge in [-0.2, -0.15) is 0 Å². The molecule has 4 aromatic rings. The van der Waals surface area contributed by atoms with Crippen LogP contribution in [0.5, 0.6) is 0 Å². The number of carbonyl (C=O) groups is 2. The Morgan fingerprint density at radius 1 is 1.00 bits per heavy atom. The van der Waals surface area contributed by atoms with Gasteiger partial charge in [-0.3, -0.25) is 9.59 Å². The first-order chi connectivity index (χ1) is 14.6. The topological polar surface area (TPSA) is 76.3 Å². The van der Waals surface area contributed by atoms with E-state index in [4.69, 9.17) is 10.7 Å². The summed E-state index contributed by atoms with van der Waals surface area (Å²) in [6.07, 6.45) is 0.429. The summed E-state index contributed by atoms with van der Waals surface area (Å²) in [6.45, 7) is 0.355. The normalized spacial score (nSPS) is 15.7. The second-order valence-corrected chi connectivity index (χ2v) is 8.32. The predicted molar refractivity (Wildman–Crippen MR) is 118 cm³/mol. The van der Waals surface area contributed by atoms with Gasteiger partial charge in [0.25, 0.3) is 5.91 Å². The van der Waals surface area contributed by atoms with E-state index >= 15 is 0 Å². The summed E-state index contributed by atoms with van der Waals surface area (Å²) < 4.78 is 0. The monoisotopic (exact) mass is 413 g/mol.